The van der Waals surface area contributed by atoms with E-state index in [2.05, 4.69) is 46.8 Å². The fraction of sp³-hybridized carbons (Fsp3) is 0.545. The summed E-state index contributed by atoms with van der Waals surface area (Å²) in [5, 5.41) is 49.5. The minimum absolute atomic E-state index is 0.0147. The van der Waals surface area contributed by atoms with Gasteiger partial charge in [-0.25, -0.2) is 9.97 Å². The predicted octanol–water partition coefficient (Wildman–Crippen LogP) is 4.43. The van der Waals surface area contributed by atoms with Gasteiger partial charge in [0.25, 0.3) is 0 Å². The minimum Gasteiger partial charge on any atom is -0.507 e. The summed E-state index contributed by atoms with van der Waals surface area (Å²) >= 11 is 0. The number of hydrogen-bond donors (Lipinski definition) is 6. The lowest BCUT2D eigenvalue weighted by atomic mass is 9.56. The number of carbonyl (C=O) groups is 3. The Hall–Kier alpha value is -6.35. The molecule has 17 heteroatoms. The first-order chi connectivity index (χ1) is 34.8. The van der Waals surface area contributed by atoms with E-state index in [1.54, 1.807) is 24.3 Å². The average molecular weight is 980 g/mol. The van der Waals surface area contributed by atoms with Crippen molar-refractivity contribution in [2.24, 2.45) is 16.7 Å². The van der Waals surface area contributed by atoms with E-state index in [-0.39, 0.29) is 67.5 Å². The second-order valence-corrected chi connectivity index (χ2v) is 22.0. The van der Waals surface area contributed by atoms with Crippen LogP contribution in [0.3, 0.4) is 0 Å². The van der Waals surface area contributed by atoms with Gasteiger partial charge in [-0.2, -0.15) is 0 Å². The second-order valence-electron chi connectivity index (χ2n) is 22.0. The zero-order chi connectivity index (χ0) is 50.1. The van der Waals surface area contributed by atoms with Crippen LogP contribution in [0.5, 0.6) is 5.75 Å². The quantitative estimate of drug-likeness (QED) is 0.102. The van der Waals surface area contributed by atoms with Gasteiger partial charge in [0.2, 0.25) is 23.7 Å². The molecular formula is C55H69N11O6. The maximum atomic E-state index is 14.4. The number of rotatable bonds is 13. The number of aliphatic hydroxyl groups is 2. The molecule has 6 N–H and O–H groups in total. The van der Waals surface area contributed by atoms with Crippen LogP contribution in [0.25, 0.3) is 11.3 Å². The van der Waals surface area contributed by atoms with Crippen LogP contribution < -0.4 is 25.8 Å². The van der Waals surface area contributed by atoms with Gasteiger partial charge in [0.15, 0.2) is 5.82 Å². The minimum atomic E-state index is -0.982. The van der Waals surface area contributed by atoms with Crippen LogP contribution in [0, 0.1) is 29.1 Å². The number of likely N-dealkylation sites (tertiary alicyclic amines) is 2. The van der Waals surface area contributed by atoms with Crippen molar-refractivity contribution < 1.29 is 29.7 Å². The molecule has 4 aromatic rings. The summed E-state index contributed by atoms with van der Waals surface area (Å²) in [5.41, 5.74) is 4.52. The number of piperidine rings is 1. The highest BCUT2D eigenvalue weighted by molar-refractivity contribution is 5.93. The van der Waals surface area contributed by atoms with E-state index >= 15 is 0 Å². The van der Waals surface area contributed by atoms with Gasteiger partial charge < -0.3 is 50.9 Å². The van der Waals surface area contributed by atoms with E-state index in [1.165, 1.54) is 10.5 Å². The van der Waals surface area contributed by atoms with Crippen LogP contribution in [0.4, 0.5) is 17.5 Å². The van der Waals surface area contributed by atoms with Crippen LogP contribution in [0.2, 0.25) is 0 Å². The summed E-state index contributed by atoms with van der Waals surface area (Å²) < 4.78 is 0. The number of carbonyl (C=O) groups excluding carboxylic acids is 3. The van der Waals surface area contributed by atoms with Gasteiger partial charge in [-0.15, -0.1) is 16.6 Å². The Morgan fingerprint density at radius 2 is 1.67 bits per heavy atom. The van der Waals surface area contributed by atoms with Gasteiger partial charge in [0.05, 0.1) is 23.5 Å². The van der Waals surface area contributed by atoms with Gasteiger partial charge in [0.1, 0.15) is 17.8 Å². The number of amides is 3. The lowest BCUT2D eigenvalue weighted by molar-refractivity contribution is -0.145. The number of piperazine rings is 1. The van der Waals surface area contributed by atoms with Crippen molar-refractivity contribution in [1.82, 2.24) is 40.6 Å². The number of aromatic nitrogens is 4. The van der Waals surface area contributed by atoms with Crippen molar-refractivity contribution in [3.63, 3.8) is 0 Å². The molecule has 2 saturated carbocycles. The number of nitrogens with one attached hydrogen (secondary N) is 3. The van der Waals surface area contributed by atoms with Crippen LogP contribution in [-0.2, 0) is 20.9 Å². The number of aromatic hydroxyl groups is 1. The highest BCUT2D eigenvalue weighted by atomic mass is 16.3. The molecule has 5 fully saturated rings. The van der Waals surface area contributed by atoms with E-state index in [1.807, 2.05) is 56.6 Å². The highest BCUT2D eigenvalue weighted by Gasteiger charge is 2.51. The van der Waals surface area contributed by atoms with E-state index in [9.17, 15) is 29.7 Å². The summed E-state index contributed by atoms with van der Waals surface area (Å²) in [4.78, 5) is 60.5. The number of anilines is 3. The Bertz CT molecular complexity index is 2640. The van der Waals surface area contributed by atoms with Crippen LogP contribution in [0.1, 0.15) is 101 Å². The molecule has 6 aliphatic rings. The fourth-order valence-electron chi connectivity index (χ4n) is 12.5. The van der Waals surface area contributed by atoms with E-state index < -0.39 is 29.5 Å². The van der Waals surface area contributed by atoms with Crippen molar-refractivity contribution in [3.8, 4) is 29.4 Å². The molecule has 17 nitrogen and oxygen atoms in total. The number of terminal acetylenes is 1. The van der Waals surface area contributed by atoms with Gasteiger partial charge >= 0.3 is 0 Å². The number of β-amino-alcohol motifs (C(OH)–C–C–N with tert-alkyl or cyclic N) is 1. The maximum absolute atomic E-state index is 14.4. The molecule has 6 heterocycles. The smallest absolute Gasteiger partial charge is 0.246 e. The first kappa shape index (κ1) is 49.2. The largest absolute Gasteiger partial charge is 0.507 e. The second kappa shape index (κ2) is 20.6. The van der Waals surface area contributed by atoms with Crippen molar-refractivity contribution in [2.75, 3.05) is 67.5 Å². The number of nitrogens with zero attached hydrogens (tertiary/aromatic N) is 8. The number of phenols is 1. The predicted molar refractivity (Wildman–Crippen MR) is 274 cm³/mol. The lowest BCUT2D eigenvalue weighted by Gasteiger charge is -2.55. The molecule has 0 radical (unpaired) electrons. The number of aliphatic hydroxyl groups excluding tert-OH is 2. The topological polar surface area (TPSA) is 213 Å². The number of para-hydroxylation sites is 1. The Morgan fingerprint density at radius 3 is 2.38 bits per heavy atom. The van der Waals surface area contributed by atoms with Crippen LogP contribution >= 0.6 is 0 Å². The Labute approximate surface area is 422 Å². The average Bonchev–Trinajstić information content (AvgIpc) is 3.80. The Balaban J connectivity index is 0.679. The Kier molecular flexibility index (Phi) is 14.1. The molecule has 1 spiro atoms. The Morgan fingerprint density at radius 1 is 0.931 bits per heavy atom. The SMILES string of the molecule is C#Cc1ccc(CNC(=O)[C@@H]2C[C@@H](O)CN2C(=O)[C@H](NC(=O)[C@H]2CCC3(CC2)C[C@H](N2CCC(c4cnc(N5CCN6c7cc(-c8ccccc8O)nnc7NC[C@H]6C5)nc4)CC2)C3)C(C)(C)CCO)cc1. The van der Waals surface area contributed by atoms with Crippen molar-refractivity contribution in [3.05, 3.63) is 83.7 Å². The molecule has 0 unspecified atom stereocenters. The molecule has 380 valence electrons. The molecule has 3 saturated heterocycles. The lowest BCUT2D eigenvalue weighted by Crippen LogP contribution is -2.59. The van der Waals surface area contributed by atoms with Crippen LogP contribution in [0.15, 0.2) is 67.0 Å². The summed E-state index contributed by atoms with van der Waals surface area (Å²) in [7, 11) is 0. The summed E-state index contributed by atoms with van der Waals surface area (Å²) in [6.45, 7) is 8.96. The third-order valence-electron chi connectivity index (χ3n) is 17.0. The van der Waals surface area contributed by atoms with Crippen LogP contribution in [-0.4, -0.2) is 146 Å². The van der Waals surface area contributed by atoms with E-state index in [0.29, 0.717) is 23.2 Å². The zero-order valence-corrected chi connectivity index (χ0v) is 41.5. The zero-order valence-electron chi connectivity index (χ0n) is 41.5. The number of phenolic OH excluding ortho intramolecular Hbond substituents is 1. The third-order valence-corrected chi connectivity index (χ3v) is 17.0. The van der Waals surface area contributed by atoms with Gasteiger partial charge in [0, 0.05) is 87.8 Å². The molecule has 2 aromatic heterocycles. The molecule has 2 aliphatic carbocycles. The normalized spacial score (nSPS) is 25.9. The fourth-order valence-corrected chi connectivity index (χ4v) is 12.5. The monoisotopic (exact) mass is 980 g/mol. The van der Waals surface area contributed by atoms with Crippen molar-refractivity contribution >= 4 is 35.2 Å². The number of fused-ring (bicyclic) bond motifs is 3. The molecule has 4 aliphatic heterocycles. The van der Waals surface area contributed by atoms with Gasteiger partial charge in [-0.3, -0.25) is 14.4 Å². The molecule has 3 amide bonds. The van der Waals surface area contributed by atoms with E-state index in [4.69, 9.17) is 16.4 Å². The first-order valence-corrected chi connectivity index (χ1v) is 26.0. The van der Waals surface area contributed by atoms with E-state index in [0.717, 1.165) is 119 Å². The summed E-state index contributed by atoms with van der Waals surface area (Å²) in [6.07, 6.45) is 16.9. The molecule has 0 bridgehead atoms. The van der Waals surface area contributed by atoms with Gasteiger partial charge in [-0.05, 0) is 129 Å². The summed E-state index contributed by atoms with van der Waals surface area (Å²) in [5.74, 6) is 3.53. The molecule has 72 heavy (non-hydrogen) atoms. The standard InChI is InChI=1S/C55H69N11O6/c1-4-35-9-11-36(12-10-35)29-57-51(71)46-25-42(68)34-66(46)52(72)48(54(2,3)19-24-67)60-50(70)38-13-17-55(18-14-38)27-40(28-55)63-20-15-37(16-21-63)39-30-58-53(59-31-39)64-22-23-65-41(33-64)32-56-49-45(65)26-44(61-62-49)43-7-5-6-8-47(43)69/h1,5-12,26,30-31,37-38,40-42,46,48,67-69H,13-25,27-29,32-34H2,2-3H3,(H,56,62)(H,57,71)(H,60,70)/t38-,40-,41-,42+,46-,48-,55?/m0/s1. The molecule has 10 rings (SSSR count). The maximum Gasteiger partial charge on any atom is 0.246 e. The van der Waals surface area contributed by atoms with Crippen molar-refractivity contribution in [1.29, 1.82) is 0 Å². The molecule has 4 atom stereocenters. The first-order valence-electron chi connectivity index (χ1n) is 26.0. The van der Waals surface area contributed by atoms with Crippen molar-refractivity contribution in [2.45, 2.75) is 121 Å². The number of benzene rings is 2. The molecule has 2 aromatic carbocycles. The van der Waals surface area contributed by atoms with Gasteiger partial charge in [-0.1, -0.05) is 44.0 Å². The highest BCUT2D eigenvalue weighted by Crippen LogP contribution is 2.55. The number of hydrogen-bond acceptors (Lipinski definition) is 14. The third kappa shape index (κ3) is 10.2. The molecular weight excluding hydrogens is 911 g/mol. The summed E-state index contributed by atoms with van der Waals surface area (Å²) in [6, 6.07) is 15.4.